The molecular weight excluding hydrogens is 531 g/mol. The number of nitrogens with one attached hydrogen (secondary N) is 2. The number of aromatic amines is 1. The molecule has 0 aliphatic rings. The van der Waals surface area contributed by atoms with E-state index < -0.39 is 11.5 Å². The Balaban J connectivity index is 1.52. The number of aryl methyl sites for hydroxylation is 1. The lowest BCUT2D eigenvalue weighted by atomic mass is 9.86. The van der Waals surface area contributed by atoms with Crippen molar-refractivity contribution in [1.29, 1.82) is 0 Å². The smallest absolute Gasteiger partial charge is 0.354 e. The van der Waals surface area contributed by atoms with Crippen LogP contribution in [0.4, 0.5) is 4.39 Å². The second-order valence-corrected chi connectivity index (χ2v) is 11.1. The summed E-state index contributed by atoms with van der Waals surface area (Å²) in [5.74, 6) is -0.427. The number of H-pyrrole nitrogens is 1. The molecule has 4 aromatic rings. The van der Waals surface area contributed by atoms with E-state index in [1.54, 1.807) is 24.4 Å². The van der Waals surface area contributed by atoms with E-state index in [1.165, 1.54) is 4.57 Å². The number of hydrogen-bond acceptors (Lipinski definition) is 5. The van der Waals surface area contributed by atoms with Gasteiger partial charge in [0.1, 0.15) is 5.65 Å². The van der Waals surface area contributed by atoms with Gasteiger partial charge in [0.15, 0.2) is 11.8 Å². The third-order valence-corrected chi connectivity index (χ3v) is 7.15. The number of aliphatic imine (C=N–C) groups is 1. The number of rotatable bonds is 12. The first-order valence-corrected chi connectivity index (χ1v) is 13.6. The molecule has 11 heteroatoms. The summed E-state index contributed by atoms with van der Waals surface area (Å²) in [6.07, 6.45) is 4.08. The second kappa shape index (κ2) is 12.6. The second-order valence-electron chi connectivity index (χ2n) is 10.7. The van der Waals surface area contributed by atoms with Crippen molar-refractivity contribution in [3.8, 4) is 16.9 Å². The topological polar surface area (TPSA) is 153 Å². The van der Waals surface area contributed by atoms with Crippen molar-refractivity contribution < 1.29 is 4.39 Å². The van der Waals surface area contributed by atoms with Crippen LogP contribution < -0.4 is 28.2 Å². The summed E-state index contributed by atoms with van der Waals surface area (Å²) in [4.78, 5) is 24.1. The molecule has 8 N–H and O–H groups in total. The van der Waals surface area contributed by atoms with E-state index in [9.17, 15) is 4.79 Å². The van der Waals surface area contributed by atoms with Crippen LogP contribution in [0.15, 0.2) is 58.4 Å². The standard InChI is InChI=1S/C29H36ClFN8O/c1-29(2,17-32)9-8-19-12-22(25(31)23(30)13-19)24-14-20-16-39(28(40)38-26(20)37-24)21-6-4-18(5-7-21)15-35-10-3-11-36-27(33)34/h4-7,12-14,16,35H,3,8-11,15,17,32H2,1-2H3,(H4,33,34,36)(H,37,38,40). The average Bonchev–Trinajstić information content (AvgIpc) is 3.33. The Hall–Kier alpha value is -3.73. The van der Waals surface area contributed by atoms with Gasteiger partial charge in [0.2, 0.25) is 0 Å². The summed E-state index contributed by atoms with van der Waals surface area (Å²) < 4.78 is 16.6. The molecule has 212 valence electrons. The van der Waals surface area contributed by atoms with Crippen LogP contribution in [0, 0.1) is 11.2 Å². The molecule has 0 saturated heterocycles. The number of benzene rings is 2. The van der Waals surface area contributed by atoms with Gasteiger partial charge < -0.3 is 27.5 Å². The minimum atomic E-state index is -0.522. The zero-order chi connectivity index (χ0) is 28.9. The van der Waals surface area contributed by atoms with Gasteiger partial charge in [0.05, 0.1) is 16.4 Å². The van der Waals surface area contributed by atoms with Crippen molar-refractivity contribution in [2.45, 2.75) is 39.7 Å². The predicted molar refractivity (Wildman–Crippen MR) is 160 cm³/mol. The van der Waals surface area contributed by atoms with Crippen molar-refractivity contribution >= 4 is 28.6 Å². The molecule has 0 atom stereocenters. The van der Waals surface area contributed by atoms with Crippen molar-refractivity contribution in [3.05, 3.63) is 81.1 Å². The summed E-state index contributed by atoms with van der Waals surface area (Å²) in [5.41, 5.74) is 19.9. The van der Waals surface area contributed by atoms with Crippen molar-refractivity contribution in [2.75, 3.05) is 19.6 Å². The SMILES string of the molecule is CC(C)(CN)CCc1cc(Cl)c(F)c(-c2cc3cn(-c4ccc(CNCCCN=C(N)N)cc4)c(=O)nc3[nH]2)c1. The first kappa shape index (κ1) is 29.3. The molecule has 0 bridgehead atoms. The molecule has 2 heterocycles. The minimum absolute atomic E-state index is 0.0334. The maximum atomic E-state index is 15.1. The third-order valence-electron chi connectivity index (χ3n) is 6.88. The fraction of sp³-hybridized carbons (Fsp3) is 0.345. The highest BCUT2D eigenvalue weighted by Gasteiger charge is 2.18. The Morgan fingerprint density at radius 2 is 1.93 bits per heavy atom. The molecule has 0 radical (unpaired) electrons. The monoisotopic (exact) mass is 566 g/mol. The lowest BCUT2D eigenvalue weighted by Crippen LogP contribution is -2.24. The zero-order valence-electron chi connectivity index (χ0n) is 22.8. The fourth-order valence-electron chi connectivity index (χ4n) is 4.31. The Labute approximate surface area is 237 Å². The molecule has 0 fully saturated rings. The molecule has 40 heavy (non-hydrogen) atoms. The molecule has 0 spiro atoms. The van der Waals surface area contributed by atoms with Gasteiger partial charge in [0, 0.05) is 30.2 Å². The maximum Gasteiger partial charge on any atom is 0.354 e. The molecule has 0 aliphatic carbocycles. The largest absolute Gasteiger partial charge is 0.370 e. The Bertz CT molecular complexity index is 1560. The normalized spacial score (nSPS) is 11.7. The summed E-state index contributed by atoms with van der Waals surface area (Å²) in [6, 6.07) is 12.9. The van der Waals surface area contributed by atoms with Crippen LogP contribution in [-0.2, 0) is 13.0 Å². The lowest BCUT2D eigenvalue weighted by Gasteiger charge is -2.22. The van der Waals surface area contributed by atoms with E-state index >= 15 is 4.39 Å². The van der Waals surface area contributed by atoms with E-state index in [4.69, 9.17) is 28.8 Å². The summed E-state index contributed by atoms with van der Waals surface area (Å²) >= 11 is 6.26. The Morgan fingerprint density at radius 3 is 2.62 bits per heavy atom. The molecule has 9 nitrogen and oxygen atoms in total. The quantitative estimate of drug-likeness (QED) is 0.0997. The van der Waals surface area contributed by atoms with Crippen LogP contribution in [0.25, 0.3) is 28.0 Å². The van der Waals surface area contributed by atoms with Crippen LogP contribution >= 0.6 is 11.6 Å². The first-order valence-electron chi connectivity index (χ1n) is 13.2. The zero-order valence-corrected chi connectivity index (χ0v) is 23.6. The van der Waals surface area contributed by atoms with E-state index in [-0.39, 0.29) is 16.4 Å². The van der Waals surface area contributed by atoms with Gasteiger partial charge in [-0.2, -0.15) is 4.98 Å². The Morgan fingerprint density at radius 1 is 1.18 bits per heavy atom. The van der Waals surface area contributed by atoms with E-state index in [0.29, 0.717) is 54.0 Å². The summed E-state index contributed by atoms with van der Waals surface area (Å²) in [7, 11) is 0. The lowest BCUT2D eigenvalue weighted by molar-refractivity contribution is 0.348. The van der Waals surface area contributed by atoms with Gasteiger partial charge in [-0.3, -0.25) is 9.56 Å². The molecule has 2 aromatic heterocycles. The number of fused-ring (bicyclic) bond motifs is 1. The number of halogens is 2. The Kier molecular flexibility index (Phi) is 9.24. The van der Waals surface area contributed by atoms with Crippen molar-refractivity contribution in [1.82, 2.24) is 19.9 Å². The highest BCUT2D eigenvalue weighted by molar-refractivity contribution is 6.31. The average molecular weight is 567 g/mol. The van der Waals surface area contributed by atoms with Gasteiger partial charge in [-0.05, 0) is 79.2 Å². The molecule has 0 saturated carbocycles. The molecule has 0 aliphatic heterocycles. The number of nitrogens with zero attached hydrogens (tertiary/aromatic N) is 3. The predicted octanol–water partition coefficient (Wildman–Crippen LogP) is 3.84. The number of guanidine groups is 1. The van der Waals surface area contributed by atoms with Crippen molar-refractivity contribution in [2.24, 2.45) is 27.6 Å². The molecular formula is C29H36ClFN8O. The van der Waals surface area contributed by atoms with Crippen LogP contribution in [0.1, 0.15) is 37.8 Å². The highest BCUT2D eigenvalue weighted by Crippen LogP contribution is 2.32. The van der Waals surface area contributed by atoms with Crippen molar-refractivity contribution in [3.63, 3.8) is 0 Å². The first-order chi connectivity index (χ1) is 19.1. The van der Waals surface area contributed by atoms with Crippen LogP contribution in [0.5, 0.6) is 0 Å². The minimum Gasteiger partial charge on any atom is -0.370 e. The fourth-order valence-corrected chi connectivity index (χ4v) is 4.56. The number of aromatic nitrogens is 3. The number of hydrogen-bond donors (Lipinski definition) is 5. The van der Waals surface area contributed by atoms with Gasteiger partial charge >= 0.3 is 5.69 Å². The van der Waals surface area contributed by atoms with E-state index in [0.717, 1.165) is 30.5 Å². The van der Waals surface area contributed by atoms with Gasteiger partial charge in [-0.25, -0.2) is 9.18 Å². The van der Waals surface area contributed by atoms with E-state index in [2.05, 4.69) is 34.1 Å². The molecule has 4 rings (SSSR count). The van der Waals surface area contributed by atoms with Gasteiger partial charge in [-0.1, -0.05) is 37.6 Å². The van der Waals surface area contributed by atoms with Crippen LogP contribution in [0.3, 0.4) is 0 Å². The van der Waals surface area contributed by atoms with Crippen LogP contribution in [-0.4, -0.2) is 40.1 Å². The van der Waals surface area contributed by atoms with E-state index in [1.807, 2.05) is 24.3 Å². The number of nitrogens with two attached hydrogens (primary N) is 3. The molecule has 0 amide bonds. The highest BCUT2D eigenvalue weighted by atomic mass is 35.5. The van der Waals surface area contributed by atoms with Gasteiger partial charge in [0.25, 0.3) is 0 Å². The summed E-state index contributed by atoms with van der Waals surface area (Å²) in [6.45, 7) is 6.78. The maximum absolute atomic E-state index is 15.1. The van der Waals surface area contributed by atoms with Gasteiger partial charge in [-0.15, -0.1) is 0 Å². The van der Waals surface area contributed by atoms with Crippen LogP contribution in [0.2, 0.25) is 5.02 Å². The third kappa shape index (κ3) is 7.26. The summed E-state index contributed by atoms with van der Waals surface area (Å²) in [5, 5.41) is 4.06. The molecule has 0 unspecified atom stereocenters. The molecule has 2 aromatic carbocycles.